The zero-order valence-electron chi connectivity index (χ0n) is 19.7. The lowest BCUT2D eigenvalue weighted by Crippen LogP contribution is -2.25. The molecule has 0 saturated carbocycles. The van der Waals surface area contributed by atoms with E-state index in [1.807, 2.05) is 28.4 Å². The molecule has 11 nitrogen and oxygen atoms in total. The Morgan fingerprint density at radius 1 is 1.15 bits per heavy atom. The summed E-state index contributed by atoms with van der Waals surface area (Å²) in [6, 6.07) is 3.01. The molecule has 5 heterocycles. The molecule has 0 fully saturated rings. The molecule has 0 aliphatic heterocycles. The molecule has 0 atom stereocenters. The topological polar surface area (TPSA) is 110 Å². The molecule has 0 N–H and O–H groups in total. The molecule has 0 aliphatic rings. The third-order valence-corrected chi connectivity index (χ3v) is 8.35. The van der Waals surface area contributed by atoms with Crippen LogP contribution in [0.3, 0.4) is 0 Å². The highest BCUT2D eigenvalue weighted by molar-refractivity contribution is 7.19. The number of thiazole rings is 1. The van der Waals surface area contributed by atoms with E-state index in [1.54, 1.807) is 34.9 Å². The van der Waals surface area contributed by atoms with Gasteiger partial charge in [-0.3, -0.25) is 4.79 Å². The molecule has 0 spiro atoms. The highest BCUT2D eigenvalue weighted by Gasteiger charge is 2.19. The van der Waals surface area contributed by atoms with Crippen LogP contribution in [-0.2, 0) is 31.6 Å². The van der Waals surface area contributed by atoms with Gasteiger partial charge in [-0.1, -0.05) is 19.6 Å². The average molecular weight is 498 g/mol. The van der Waals surface area contributed by atoms with Gasteiger partial charge >= 0.3 is 0 Å². The highest BCUT2D eigenvalue weighted by atomic mass is 32.1. The van der Waals surface area contributed by atoms with Crippen molar-refractivity contribution in [1.29, 1.82) is 0 Å². The number of nitrogens with zero attached hydrogens (tertiary/aromatic N) is 9. The summed E-state index contributed by atoms with van der Waals surface area (Å²) in [5.74, 6) is 0. The fourth-order valence-corrected chi connectivity index (χ4v) is 5.59. The molecule has 0 saturated heterocycles. The van der Waals surface area contributed by atoms with Crippen LogP contribution in [0.25, 0.3) is 21.3 Å². The number of rotatable bonds is 9. The summed E-state index contributed by atoms with van der Waals surface area (Å²) in [5.41, 5.74) is 1.97. The summed E-state index contributed by atoms with van der Waals surface area (Å²) in [7, 11) is 0.753. The summed E-state index contributed by atoms with van der Waals surface area (Å²) >= 11 is 1.55. The minimum Gasteiger partial charge on any atom is -0.360 e. The van der Waals surface area contributed by atoms with E-state index < -0.39 is 8.07 Å². The molecule has 0 unspecified atom stereocenters. The van der Waals surface area contributed by atoms with Gasteiger partial charge in [0.05, 0.1) is 29.7 Å². The van der Waals surface area contributed by atoms with E-state index in [0.717, 1.165) is 39.1 Å². The summed E-state index contributed by atoms with van der Waals surface area (Å²) in [4.78, 5) is 18.0. The van der Waals surface area contributed by atoms with Crippen molar-refractivity contribution in [3.05, 3.63) is 52.2 Å². The second-order valence-corrected chi connectivity index (χ2v) is 16.2. The lowest BCUT2D eigenvalue weighted by atomic mass is 10.3. The van der Waals surface area contributed by atoms with Crippen molar-refractivity contribution in [1.82, 2.24) is 43.9 Å². The quantitative estimate of drug-likeness (QED) is 0.227. The summed E-state index contributed by atoms with van der Waals surface area (Å²) < 4.78 is 13.6. The molecule has 0 aliphatic carbocycles. The van der Waals surface area contributed by atoms with E-state index in [0.29, 0.717) is 25.3 Å². The minimum atomic E-state index is -1.11. The van der Waals surface area contributed by atoms with Crippen molar-refractivity contribution in [3.63, 3.8) is 0 Å². The normalized spacial score (nSPS) is 12.4. The Balaban J connectivity index is 1.34. The number of hydrogen-bond acceptors (Lipinski definition) is 8. The second kappa shape index (κ2) is 8.89. The van der Waals surface area contributed by atoms with Gasteiger partial charge in [0.1, 0.15) is 29.9 Å². The Morgan fingerprint density at radius 3 is 2.71 bits per heavy atom. The van der Waals surface area contributed by atoms with Gasteiger partial charge in [0, 0.05) is 33.3 Å². The Kier molecular flexibility index (Phi) is 5.91. The number of aryl methyl sites for hydroxylation is 1. The van der Waals surface area contributed by atoms with Crippen molar-refractivity contribution in [2.45, 2.75) is 45.5 Å². The van der Waals surface area contributed by atoms with E-state index in [2.05, 4.69) is 40.0 Å². The molecule has 0 radical (unpaired) electrons. The summed E-state index contributed by atoms with van der Waals surface area (Å²) in [5, 5.41) is 18.4. The monoisotopic (exact) mass is 497 g/mol. The first-order valence-corrected chi connectivity index (χ1v) is 15.6. The van der Waals surface area contributed by atoms with Crippen LogP contribution in [0, 0.1) is 0 Å². The maximum atomic E-state index is 13.3. The Hall–Kier alpha value is -3.16. The van der Waals surface area contributed by atoms with Crippen LogP contribution in [0.1, 0.15) is 10.7 Å². The first kappa shape index (κ1) is 22.6. The van der Waals surface area contributed by atoms with Crippen LogP contribution in [0.5, 0.6) is 0 Å². The fraction of sp³-hybridized carbons (Fsp3) is 0.429. The second-order valence-electron chi connectivity index (χ2n) is 9.52. The summed E-state index contributed by atoms with van der Waals surface area (Å²) in [6.07, 6.45) is 6.93. The predicted octanol–water partition coefficient (Wildman–Crippen LogP) is 2.54. The average Bonchev–Trinajstić information content (AvgIpc) is 3.55. The Labute approximate surface area is 200 Å². The molecule has 0 bridgehead atoms. The van der Waals surface area contributed by atoms with Gasteiger partial charge in [-0.25, -0.2) is 14.3 Å². The number of fused-ring (bicyclic) bond motifs is 3. The van der Waals surface area contributed by atoms with Gasteiger partial charge in [0.25, 0.3) is 5.56 Å². The molecular formula is C21H27N9O2SSi. The van der Waals surface area contributed by atoms with Gasteiger partial charge in [0.2, 0.25) is 0 Å². The Bertz CT molecular complexity index is 1490. The predicted molar refractivity (Wildman–Crippen MR) is 133 cm³/mol. The number of hydrogen-bond donors (Lipinski definition) is 0. The SMILES string of the molecule is Cn1c2nc(Cn3cnnc3)sc2c2cnn(Cc3ccn(COCC[Si](C)(C)C)n3)c(=O)c21. The van der Waals surface area contributed by atoms with Crippen LogP contribution in [0.2, 0.25) is 25.7 Å². The van der Waals surface area contributed by atoms with Gasteiger partial charge in [0.15, 0.2) is 5.65 Å². The van der Waals surface area contributed by atoms with E-state index in [4.69, 9.17) is 9.72 Å². The highest BCUT2D eigenvalue weighted by Crippen LogP contribution is 2.31. The van der Waals surface area contributed by atoms with Crippen molar-refractivity contribution in [2.24, 2.45) is 7.05 Å². The molecule has 0 aromatic carbocycles. The van der Waals surface area contributed by atoms with Crippen molar-refractivity contribution >= 4 is 40.7 Å². The molecule has 178 valence electrons. The van der Waals surface area contributed by atoms with Crippen molar-refractivity contribution in [2.75, 3.05) is 6.61 Å². The van der Waals surface area contributed by atoms with Gasteiger partial charge < -0.3 is 13.9 Å². The zero-order valence-corrected chi connectivity index (χ0v) is 21.5. The molecule has 5 aromatic heterocycles. The molecule has 5 rings (SSSR count). The first-order chi connectivity index (χ1) is 16.3. The minimum absolute atomic E-state index is 0.161. The smallest absolute Gasteiger partial charge is 0.291 e. The van der Waals surface area contributed by atoms with E-state index in [-0.39, 0.29) is 5.56 Å². The van der Waals surface area contributed by atoms with E-state index in [9.17, 15) is 4.79 Å². The van der Waals surface area contributed by atoms with Crippen LogP contribution in [0.15, 0.2) is 35.9 Å². The molecule has 34 heavy (non-hydrogen) atoms. The van der Waals surface area contributed by atoms with Crippen LogP contribution in [-0.4, -0.2) is 58.6 Å². The first-order valence-electron chi connectivity index (χ1n) is 11.0. The van der Waals surface area contributed by atoms with E-state index in [1.165, 1.54) is 4.68 Å². The summed E-state index contributed by atoms with van der Waals surface area (Å²) in [6.45, 7) is 9.01. The lowest BCUT2D eigenvalue weighted by molar-refractivity contribution is 0.0782. The number of aromatic nitrogens is 9. The molecule has 0 amide bonds. The maximum absolute atomic E-state index is 13.3. The lowest BCUT2D eigenvalue weighted by Gasteiger charge is -2.15. The van der Waals surface area contributed by atoms with Crippen molar-refractivity contribution in [3.8, 4) is 0 Å². The van der Waals surface area contributed by atoms with E-state index >= 15 is 0 Å². The molecule has 5 aromatic rings. The van der Waals surface area contributed by atoms with Crippen LogP contribution < -0.4 is 5.56 Å². The van der Waals surface area contributed by atoms with Crippen LogP contribution >= 0.6 is 11.3 Å². The molecular weight excluding hydrogens is 470 g/mol. The number of ether oxygens (including phenoxy) is 1. The zero-order chi connectivity index (χ0) is 23.9. The van der Waals surface area contributed by atoms with Gasteiger partial charge in [-0.15, -0.1) is 21.5 Å². The fourth-order valence-electron chi connectivity index (χ4n) is 3.72. The van der Waals surface area contributed by atoms with Gasteiger partial charge in [-0.05, 0) is 12.1 Å². The standard InChI is InChI=1S/C21H27N9O2SSi/c1-27-18-16(19-20(27)25-17(33-19)11-28-12-22-23-13-28)9-24-30(21(18)31)10-15-5-6-29(26-15)14-32-7-8-34(2,3)4/h5-6,9,12-13H,7-8,10-11,14H2,1-4H3. The third-order valence-electron chi connectivity index (χ3n) is 5.58. The van der Waals surface area contributed by atoms with Crippen LogP contribution in [0.4, 0.5) is 0 Å². The molecule has 13 heteroatoms. The van der Waals surface area contributed by atoms with Crippen molar-refractivity contribution < 1.29 is 4.74 Å². The Morgan fingerprint density at radius 2 is 1.94 bits per heavy atom. The maximum Gasteiger partial charge on any atom is 0.291 e. The van der Waals surface area contributed by atoms with Gasteiger partial charge in [-0.2, -0.15) is 10.2 Å². The third kappa shape index (κ3) is 4.58. The largest absolute Gasteiger partial charge is 0.360 e.